The summed E-state index contributed by atoms with van der Waals surface area (Å²) in [5.41, 5.74) is 1.28. The number of aliphatic hydroxyl groups excluding tert-OH is 1. The first-order valence-corrected chi connectivity index (χ1v) is 6.23. The van der Waals surface area contributed by atoms with Crippen LogP contribution >= 0.6 is 15.9 Å². The van der Waals surface area contributed by atoms with Crippen molar-refractivity contribution >= 4 is 15.9 Å². The zero-order valence-corrected chi connectivity index (χ0v) is 11.0. The van der Waals surface area contributed by atoms with Gasteiger partial charge in [-0.1, -0.05) is 40.2 Å². The molecule has 1 N–H and O–H groups in total. The van der Waals surface area contributed by atoms with Crippen LogP contribution in [0.5, 0.6) is 0 Å². The Bertz CT molecular complexity index is 557. The molecule has 2 rings (SSSR count). The Labute approximate surface area is 112 Å². The molecular formula is C14H11BrF2O. The number of halogens is 3. The van der Waals surface area contributed by atoms with Gasteiger partial charge >= 0.3 is 0 Å². The van der Waals surface area contributed by atoms with E-state index in [0.717, 1.165) is 22.2 Å². The molecule has 2 aromatic carbocycles. The van der Waals surface area contributed by atoms with Gasteiger partial charge in [0.15, 0.2) is 11.6 Å². The summed E-state index contributed by atoms with van der Waals surface area (Å²) in [5, 5.41) is 10.0. The molecule has 0 amide bonds. The van der Waals surface area contributed by atoms with Crippen LogP contribution in [-0.2, 0) is 6.42 Å². The van der Waals surface area contributed by atoms with Crippen LogP contribution in [0.4, 0.5) is 8.78 Å². The van der Waals surface area contributed by atoms with Crippen LogP contribution in [0.15, 0.2) is 46.9 Å². The average molecular weight is 313 g/mol. The minimum atomic E-state index is -0.946. The third kappa shape index (κ3) is 2.94. The third-order valence-electron chi connectivity index (χ3n) is 2.70. The van der Waals surface area contributed by atoms with E-state index in [1.54, 1.807) is 0 Å². The molecule has 1 atom stereocenters. The summed E-state index contributed by atoms with van der Waals surface area (Å²) >= 11 is 3.38. The minimum Gasteiger partial charge on any atom is -0.388 e. The molecule has 94 valence electrons. The summed E-state index contributed by atoms with van der Waals surface area (Å²) in [6.07, 6.45) is -0.522. The van der Waals surface area contributed by atoms with Gasteiger partial charge < -0.3 is 5.11 Å². The summed E-state index contributed by atoms with van der Waals surface area (Å²) in [6.45, 7) is 0. The van der Waals surface area contributed by atoms with E-state index < -0.39 is 17.7 Å². The topological polar surface area (TPSA) is 20.2 Å². The fraction of sp³-hybridized carbons (Fsp3) is 0.143. The molecule has 0 aromatic heterocycles. The molecule has 0 fully saturated rings. The van der Waals surface area contributed by atoms with Gasteiger partial charge in [0.05, 0.1) is 6.10 Å². The molecule has 4 heteroatoms. The second-order valence-corrected chi connectivity index (χ2v) is 4.84. The molecule has 0 radical (unpaired) electrons. The standard InChI is InChI=1S/C14H11BrF2O/c15-11-4-2-1-3-9(11)8-14(18)10-5-6-12(16)13(17)7-10/h1-7,14,18H,8H2. The fourth-order valence-corrected chi connectivity index (χ4v) is 2.16. The van der Waals surface area contributed by atoms with Gasteiger partial charge in [0.2, 0.25) is 0 Å². The van der Waals surface area contributed by atoms with E-state index in [0.29, 0.717) is 12.0 Å². The molecule has 18 heavy (non-hydrogen) atoms. The lowest BCUT2D eigenvalue weighted by Gasteiger charge is -2.12. The van der Waals surface area contributed by atoms with Gasteiger partial charge in [0, 0.05) is 10.9 Å². The number of hydrogen-bond donors (Lipinski definition) is 1. The van der Waals surface area contributed by atoms with Crippen molar-refractivity contribution in [3.63, 3.8) is 0 Å². The van der Waals surface area contributed by atoms with E-state index in [1.807, 2.05) is 24.3 Å². The van der Waals surface area contributed by atoms with Gasteiger partial charge in [0.25, 0.3) is 0 Å². The van der Waals surface area contributed by atoms with Crippen molar-refractivity contribution in [2.24, 2.45) is 0 Å². The Hall–Kier alpha value is -1.26. The lowest BCUT2D eigenvalue weighted by atomic mass is 10.0. The van der Waals surface area contributed by atoms with Crippen molar-refractivity contribution in [2.45, 2.75) is 12.5 Å². The predicted octanol–water partition coefficient (Wildman–Crippen LogP) is 4.00. The lowest BCUT2D eigenvalue weighted by Crippen LogP contribution is -2.03. The third-order valence-corrected chi connectivity index (χ3v) is 3.47. The van der Waals surface area contributed by atoms with Crippen LogP contribution in [0.2, 0.25) is 0 Å². The Morgan fingerprint density at radius 2 is 1.78 bits per heavy atom. The van der Waals surface area contributed by atoms with Crippen LogP contribution in [-0.4, -0.2) is 5.11 Å². The van der Waals surface area contributed by atoms with E-state index >= 15 is 0 Å². The number of aliphatic hydroxyl groups is 1. The monoisotopic (exact) mass is 312 g/mol. The molecule has 0 aliphatic heterocycles. The van der Waals surface area contributed by atoms with Crippen molar-refractivity contribution in [2.75, 3.05) is 0 Å². The average Bonchev–Trinajstić information content (AvgIpc) is 2.35. The van der Waals surface area contributed by atoms with E-state index in [1.165, 1.54) is 6.07 Å². The quantitative estimate of drug-likeness (QED) is 0.908. The molecule has 0 saturated carbocycles. The summed E-state index contributed by atoms with van der Waals surface area (Å²) in [4.78, 5) is 0. The molecule has 0 aliphatic carbocycles. The van der Waals surface area contributed by atoms with E-state index in [4.69, 9.17) is 0 Å². The first kappa shape index (κ1) is 13.2. The van der Waals surface area contributed by atoms with Gasteiger partial charge in [-0.05, 0) is 29.3 Å². The second kappa shape index (κ2) is 5.59. The first-order valence-electron chi connectivity index (χ1n) is 5.44. The normalized spacial score (nSPS) is 12.4. The molecule has 0 bridgehead atoms. The second-order valence-electron chi connectivity index (χ2n) is 3.98. The smallest absolute Gasteiger partial charge is 0.159 e. The van der Waals surface area contributed by atoms with Crippen molar-refractivity contribution in [3.05, 3.63) is 69.7 Å². The molecule has 1 unspecified atom stereocenters. The highest BCUT2D eigenvalue weighted by molar-refractivity contribution is 9.10. The van der Waals surface area contributed by atoms with Crippen molar-refractivity contribution in [1.82, 2.24) is 0 Å². The van der Waals surface area contributed by atoms with Crippen LogP contribution in [0.1, 0.15) is 17.2 Å². The highest BCUT2D eigenvalue weighted by atomic mass is 79.9. The van der Waals surface area contributed by atoms with Gasteiger partial charge in [-0.2, -0.15) is 0 Å². The summed E-state index contributed by atoms with van der Waals surface area (Å²) in [7, 11) is 0. The lowest BCUT2D eigenvalue weighted by molar-refractivity contribution is 0.177. The Balaban J connectivity index is 2.19. The van der Waals surface area contributed by atoms with Crippen LogP contribution in [0.3, 0.4) is 0 Å². The van der Waals surface area contributed by atoms with Crippen molar-refractivity contribution < 1.29 is 13.9 Å². The van der Waals surface area contributed by atoms with E-state index in [-0.39, 0.29) is 0 Å². The summed E-state index contributed by atoms with van der Waals surface area (Å²) in [6, 6.07) is 10.9. The molecule has 0 heterocycles. The van der Waals surface area contributed by atoms with E-state index in [9.17, 15) is 13.9 Å². The number of rotatable bonds is 3. The summed E-state index contributed by atoms with van der Waals surface area (Å²) < 4.78 is 26.7. The van der Waals surface area contributed by atoms with Gasteiger partial charge in [-0.25, -0.2) is 8.78 Å². The van der Waals surface area contributed by atoms with Crippen molar-refractivity contribution in [3.8, 4) is 0 Å². The Morgan fingerprint density at radius 3 is 2.44 bits per heavy atom. The fourth-order valence-electron chi connectivity index (χ4n) is 1.71. The van der Waals surface area contributed by atoms with Crippen molar-refractivity contribution in [1.29, 1.82) is 0 Å². The van der Waals surface area contributed by atoms with E-state index in [2.05, 4.69) is 15.9 Å². The highest BCUT2D eigenvalue weighted by Crippen LogP contribution is 2.24. The summed E-state index contributed by atoms with van der Waals surface area (Å²) in [5.74, 6) is -1.86. The van der Waals surface area contributed by atoms with Gasteiger partial charge in [-0.15, -0.1) is 0 Å². The zero-order valence-electron chi connectivity index (χ0n) is 9.41. The zero-order chi connectivity index (χ0) is 13.1. The maximum Gasteiger partial charge on any atom is 0.159 e. The molecule has 0 aliphatic rings. The number of hydrogen-bond acceptors (Lipinski definition) is 1. The first-order chi connectivity index (χ1) is 8.58. The predicted molar refractivity (Wildman–Crippen MR) is 69.2 cm³/mol. The number of benzene rings is 2. The minimum absolute atomic E-state index is 0.340. The molecule has 2 aromatic rings. The molecule has 0 saturated heterocycles. The van der Waals surface area contributed by atoms with Crippen LogP contribution in [0.25, 0.3) is 0 Å². The SMILES string of the molecule is OC(Cc1ccccc1Br)c1ccc(F)c(F)c1. The van der Waals surface area contributed by atoms with Gasteiger partial charge in [0.1, 0.15) is 0 Å². The molecule has 1 nitrogen and oxygen atoms in total. The maximum absolute atomic E-state index is 13.1. The molecule has 0 spiro atoms. The largest absolute Gasteiger partial charge is 0.388 e. The Morgan fingerprint density at radius 1 is 1.06 bits per heavy atom. The van der Waals surface area contributed by atoms with Crippen LogP contribution in [0, 0.1) is 11.6 Å². The van der Waals surface area contributed by atoms with Crippen LogP contribution < -0.4 is 0 Å². The highest BCUT2D eigenvalue weighted by Gasteiger charge is 2.12. The van der Waals surface area contributed by atoms with Gasteiger partial charge in [-0.3, -0.25) is 0 Å². The molecular weight excluding hydrogens is 302 g/mol. The Kier molecular flexibility index (Phi) is 4.09. The maximum atomic E-state index is 13.1.